The molecule has 0 saturated heterocycles. The van der Waals surface area contributed by atoms with Gasteiger partial charge in [-0.1, -0.05) is 77.5 Å². The first kappa shape index (κ1) is 20.9. The smallest absolute Gasteiger partial charge is 0.237 e. The van der Waals surface area contributed by atoms with Gasteiger partial charge in [0.05, 0.1) is 5.25 Å². The van der Waals surface area contributed by atoms with Gasteiger partial charge in [-0.25, -0.2) is 0 Å². The summed E-state index contributed by atoms with van der Waals surface area (Å²) in [4.78, 5) is 12.8. The third-order valence-corrected chi connectivity index (χ3v) is 5.97. The third-order valence-electron chi connectivity index (χ3n) is 4.93. The second-order valence-corrected chi connectivity index (χ2v) is 8.77. The van der Waals surface area contributed by atoms with Crippen LogP contribution in [0.5, 0.6) is 0 Å². The molecule has 1 amide bonds. The van der Waals surface area contributed by atoms with Crippen molar-refractivity contribution in [3.63, 3.8) is 0 Å². The first-order valence-electron chi connectivity index (χ1n) is 10.1. The minimum Gasteiger partial charge on any atom is -0.325 e. The van der Waals surface area contributed by atoms with Gasteiger partial charge in [-0.2, -0.15) is 0 Å². The molecule has 5 nitrogen and oxygen atoms in total. The number of nitrogens with zero attached hydrogens (tertiary/aromatic N) is 3. The summed E-state index contributed by atoms with van der Waals surface area (Å²) >= 11 is 1.39. The number of hydrogen-bond acceptors (Lipinski definition) is 4. The number of benzene rings is 3. The van der Waals surface area contributed by atoms with Crippen molar-refractivity contribution in [2.45, 2.75) is 31.2 Å². The van der Waals surface area contributed by atoms with Crippen LogP contribution in [0.2, 0.25) is 0 Å². The molecule has 0 saturated carbocycles. The van der Waals surface area contributed by atoms with E-state index in [9.17, 15) is 4.79 Å². The van der Waals surface area contributed by atoms with Gasteiger partial charge in [0.2, 0.25) is 5.91 Å². The third kappa shape index (κ3) is 4.86. The van der Waals surface area contributed by atoms with E-state index in [1.165, 1.54) is 17.3 Å². The maximum Gasteiger partial charge on any atom is 0.237 e. The van der Waals surface area contributed by atoms with Crippen molar-refractivity contribution in [3.8, 4) is 17.1 Å². The molecule has 1 N–H and O–H groups in total. The van der Waals surface area contributed by atoms with Crippen LogP contribution in [0.4, 0.5) is 5.69 Å². The van der Waals surface area contributed by atoms with Crippen LogP contribution in [0, 0.1) is 13.8 Å². The van der Waals surface area contributed by atoms with Gasteiger partial charge in [-0.15, -0.1) is 10.2 Å². The lowest BCUT2D eigenvalue weighted by atomic mass is 10.1. The summed E-state index contributed by atoms with van der Waals surface area (Å²) in [6, 6.07) is 26.0. The Labute approximate surface area is 186 Å². The zero-order valence-corrected chi connectivity index (χ0v) is 18.6. The molecule has 0 aliphatic rings. The number of nitrogens with one attached hydrogen (secondary N) is 1. The van der Waals surface area contributed by atoms with Gasteiger partial charge in [0.25, 0.3) is 0 Å². The van der Waals surface area contributed by atoms with Crippen LogP contribution in [0.25, 0.3) is 17.1 Å². The summed E-state index contributed by atoms with van der Waals surface area (Å²) in [7, 11) is 0. The summed E-state index contributed by atoms with van der Waals surface area (Å²) in [6.45, 7) is 5.96. The number of thioether (sulfide) groups is 1. The number of hydrogen-bond donors (Lipinski definition) is 1. The van der Waals surface area contributed by atoms with E-state index in [1.54, 1.807) is 0 Å². The van der Waals surface area contributed by atoms with Crippen molar-refractivity contribution in [3.05, 3.63) is 90.0 Å². The number of carbonyl (C=O) groups excluding carboxylic acids is 1. The molecule has 4 rings (SSSR count). The van der Waals surface area contributed by atoms with E-state index in [0.29, 0.717) is 5.16 Å². The zero-order valence-electron chi connectivity index (χ0n) is 17.7. The summed E-state index contributed by atoms with van der Waals surface area (Å²) in [5, 5.41) is 12.2. The first-order valence-corrected chi connectivity index (χ1v) is 11.0. The van der Waals surface area contributed by atoms with Crippen LogP contribution in [-0.4, -0.2) is 25.9 Å². The summed E-state index contributed by atoms with van der Waals surface area (Å²) in [5.74, 6) is 0.674. The molecular formula is C25H24N4OS. The molecule has 156 valence electrons. The number of carbonyl (C=O) groups is 1. The van der Waals surface area contributed by atoms with Crippen LogP contribution in [0.15, 0.2) is 84.0 Å². The van der Waals surface area contributed by atoms with Crippen LogP contribution < -0.4 is 5.32 Å². The van der Waals surface area contributed by atoms with E-state index in [2.05, 4.69) is 34.6 Å². The lowest BCUT2D eigenvalue weighted by Crippen LogP contribution is -2.22. The Hall–Kier alpha value is -3.38. The molecule has 1 atom stereocenters. The predicted molar refractivity (Wildman–Crippen MR) is 127 cm³/mol. The highest BCUT2D eigenvalue weighted by atomic mass is 32.2. The van der Waals surface area contributed by atoms with Gasteiger partial charge in [0.15, 0.2) is 11.0 Å². The van der Waals surface area contributed by atoms with E-state index in [4.69, 9.17) is 0 Å². The highest BCUT2D eigenvalue weighted by molar-refractivity contribution is 8.00. The fourth-order valence-electron chi connectivity index (χ4n) is 3.14. The van der Waals surface area contributed by atoms with E-state index < -0.39 is 0 Å². The Morgan fingerprint density at radius 3 is 2.13 bits per heavy atom. The molecule has 31 heavy (non-hydrogen) atoms. The summed E-state index contributed by atoms with van der Waals surface area (Å²) in [5.41, 5.74) is 5.06. The van der Waals surface area contributed by atoms with Crippen LogP contribution >= 0.6 is 11.8 Å². The molecule has 6 heteroatoms. The Morgan fingerprint density at radius 2 is 1.48 bits per heavy atom. The van der Waals surface area contributed by atoms with E-state index in [0.717, 1.165) is 28.3 Å². The quantitative estimate of drug-likeness (QED) is 0.402. The van der Waals surface area contributed by atoms with Crippen molar-refractivity contribution in [2.24, 2.45) is 0 Å². The maximum absolute atomic E-state index is 12.8. The van der Waals surface area contributed by atoms with Crippen molar-refractivity contribution >= 4 is 23.4 Å². The van der Waals surface area contributed by atoms with Crippen LogP contribution in [0.3, 0.4) is 0 Å². The number of aryl methyl sites for hydroxylation is 2. The normalized spacial score (nSPS) is 11.8. The molecule has 0 bridgehead atoms. The van der Waals surface area contributed by atoms with Crippen molar-refractivity contribution in [1.82, 2.24) is 14.8 Å². The standard InChI is InChI=1S/C25H24N4OS/c1-17-9-13-20(14-10-17)23-27-28-25(29(23)22-7-5-4-6-8-22)31-19(3)24(30)26-21-15-11-18(2)12-16-21/h4-16,19H,1-3H3,(H,26,30)/t19-/m1/s1. The Bertz CT molecular complexity index is 1170. The topological polar surface area (TPSA) is 59.8 Å². The lowest BCUT2D eigenvalue weighted by molar-refractivity contribution is -0.115. The fraction of sp³-hybridized carbons (Fsp3) is 0.160. The number of anilines is 1. The number of para-hydroxylation sites is 1. The molecule has 0 fully saturated rings. The molecule has 0 spiro atoms. The number of rotatable bonds is 6. The van der Waals surface area contributed by atoms with Crippen molar-refractivity contribution in [1.29, 1.82) is 0 Å². The molecule has 0 unspecified atom stereocenters. The van der Waals surface area contributed by atoms with Gasteiger partial charge in [-0.3, -0.25) is 9.36 Å². The van der Waals surface area contributed by atoms with Gasteiger partial charge >= 0.3 is 0 Å². The minimum atomic E-state index is -0.348. The molecule has 0 aliphatic heterocycles. The predicted octanol–water partition coefficient (Wildman–Crippen LogP) is 5.67. The van der Waals surface area contributed by atoms with Crippen molar-refractivity contribution in [2.75, 3.05) is 5.32 Å². The summed E-state index contributed by atoms with van der Waals surface area (Å²) < 4.78 is 2.00. The van der Waals surface area contributed by atoms with Crippen molar-refractivity contribution < 1.29 is 4.79 Å². The van der Waals surface area contributed by atoms with E-state index in [1.807, 2.05) is 85.1 Å². The van der Waals surface area contributed by atoms with Crippen LogP contribution in [-0.2, 0) is 4.79 Å². The highest BCUT2D eigenvalue weighted by Gasteiger charge is 2.22. The number of aromatic nitrogens is 3. The Balaban J connectivity index is 1.62. The average molecular weight is 429 g/mol. The van der Waals surface area contributed by atoms with Gasteiger partial charge in [0, 0.05) is 16.9 Å². The fourth-order valence-corrected chi connectivity index (χ4v) is 4.01. The largest absolute Gasteiger partial charge is 0.325 e. The zero-order chi connectivity index (χ0) is 21.8. The van der Waals surface area contributed by atoms with Gasteiger partial charge in [0.1, 0.15) is 0 Å². The molecule has 3 aromatic carbocycles. The van der Waals surface area contributed by atoms with Crippen LogP contribution in [0.1, 0.15) is 18.1 Å². The second kappa shape index (κ2) is 9.18. The minimum absolute atomic E-state index is 0.0756. The van der Waals surface area contributed by atoms with E-state index in [-0.39, 0.29) is 11.2 Å². The first-order chi connectivity index (χ1) is 15.0. The van der Waals surface area contributed by atoms with Gasteiger partial charge < -0.3 is 5.32 Å². The Kier molecular flexibility index (Phi) is 6.18. The molecule has 1 aromatic heterocycles. The van der Waals surface area contributed by atoms with E-state index >= 15 is 0 Å². The monoisotopic (exact) mass is 428 g/mol. The SMILES string of the molecule is Cc1ccc(NC(=O)[C@@H](C)Sc2nnc(-c3ccc(C)cc3)n2-c2ccccc2)cc1. The average Bonchev–Trinajstić information content (AvgIpc) is 3.19. The lowest BCUT2D eigenvalue weighted by Gasteiger charge is -2.14. The molecule has 4 aromatic rings. The highest BCUT2D eigenvalue weighted by Crippen LogP contribution is 2.30. The second-order valence-electron chi connectivity index (χ2n) is 7.46. The summed E-state index contributed by atoms with van der Waals surface area (Å²) in [6.07, 6.45) is 0. The molecular weight excluding hydrogens is 404 g/mol. The molecule has 0 aliphatic carbocycles. The molecule has 0 radical (unpaired) electrons. The Morgan fingerprint density at radius 1 is 0.871 bits per heavy atom. The maximum atomic E-state index is 12.8. The van der Waals surface area contributed by atoms with Gasteiger partial charge in [-0.05, 0) is 45.0 Å². The molecule has 1 heterocycles. The number of amides is 1.